The van der Waals surface area contributed by atoms with E-state index in [2.05, 4.69) is 26.3 Å². The molecule has 1 aromatic carbocycles. The largest absolute Gasteiger partial charge is 0.495 e. The lowest BCUT2D eigenvalue weighted by Crippen LogP contribution is -2.12. The van der Waals surface area contributed by atoms with Crippen LogP contribution in [0.1, 0.15) is 12.0 Å². The smallest absolute Gasteiger partial charge is 0.224 e. The molecule has 1 amide bonds. The Morgan fingerprint density at radius 2 is 2.30 bits per heavy atom. The zero-order chi connectivity index (χ0) is 14.5. The molecular weight excluding hydrogens is 322 g/mol. The van der Waals surface area contributed by atoms with Gasteiger partial charge in [-0.3, -0.25) is 9.48 Å². The highest BCUT2D eigenvalue weighted by molar-refractivity contribution is 9.10. The lowest BCUT2D eigenvalue weighted by atomic mass is 10.2. The zero-order valence-electron chi connectivity index (χ0n) is 11.4. The second kappa shape index (κ2) is 6.56. The predicted octanol–water partition coefficient (Wildman–Crippen LogP) is 2.76. The first-order chi connectivity index (χ1) is 9.58. The topological polar surface area (TPSA) is 56.1 Å². The third kappa shape index (κ3) is 3.84. The van der Waals surface area contributed by atoms with E-state index in [1.165, 1.54) is 0 Å². The first-order valence-electron chi connectivity index (χ1n) is 6.19. The average Bonchev–Trinajstić information content (AvgIpc) is 2.84. The summed E-state index contributed by atoms with van der Waals surface area (Å²) >= 11 is 3.37. The Morgan fingerprint density at radius 3 is 2.95 bits per heavy atom. The van der Waals surface area contributed by atoms with Crippen LogP contribution in [-0.4, -0.2) is 22.8 Å². The van der Waals surface area contributed by atoms with Crippen molar-refractivity contribution in [2.24, 2.45) is 7.05 Å². The second-order valence-corrected chi connectivity index (χ2v) is 5.27. The van der Waals surface area contributed by atoms with Crippen LogP contribution in [-0.2, 0) is 18.3 Å². The molecule has 6 heteroatoms. The van der Waals surface area contributed by atoms with Crippen molar-refractivity contribution in [3.8, 4) is 5.75 Å². The number of methoxy groups -OCH3 is 1. The van der Waals surface area contributed by atoms with Gasteiger partial charge in [0, 0.05) is 31.4 Å². The normalized spacial score (nSPS) is 10.3. The Hall–Kier alpha value is -1.82. The molecule has 0 spiro atoms. The number of nitrogens with one attached hydrogen (secondary N) is 1. The van der Waals surface area contributed by atoms with Crippen LogP contribution in [0.4, 0.5) is 5.69 Å². The van der Waals surface area contributed by atoms with Crippen LogP contribution in [0.25, 0.3) is 0 Å². The molecule has 0 saturated heterocycles. The number of amides is 1. The second-order valence-electron chi connectivity index (χ2n) is 4.42. The molecular formula is C14H16BrN3O2. The third-order valence-corrected chi connectivity index (χ3v) is 3.49. The van der Waals surface area contributed by atoms with Crippen LogP contribution < -0.4 is 10.1 Å². The van der Waals surface area contributed by atoms with Crippen LogP contribution >= 0.6 is 15.9 Å². The highest BCUT2D eigenvalue weighted by Gasteiger charge is 2.06. The van der Waals surface area contributed by atoms with Crippen LogP contribution in [0.3, 0.4) is 0 Å². The van der Waals surface area contributed by atoms with Gasteiger partial charge in [-0.05, 0) is 40.0 Å². The molecule has 0 aliphatic rings. The lowest BCUT2D eigenvalue weighted by molar-refractivity contribution is -0.116. The van der Waals surface area contributed by atoms with Gasteiger partial charge >= 0.3 is 0 Å². The van der Waals surface area contributed by atoms with Gasteiger partial charge < -0.3 is 10.1 Å². The molecule has 1 N–H and O–H groups in total. The SMILES string of the molecule is COc1cc(NC(=O)CCc2cnn(C)c2)ccc1Br. The molecule has 1 heterocycles. The van der Waals surface area contributed by atoms with Gasteiger partial charge in [-0.1, -0.05) is 0 Å². The number of rotatable bonds is 5. The highest BCUT2D eigenvalue weighted by Crippen LogP contribution is 2.27. The molecule has 106 valence electrons. The number of halogens is 1. The van der Waals surface area contributed by atoms with Gasteiger partial charge in [0.15, 0.2) is 0 Å². The zero-order valence-corrected chi connectivity index (χ0v) is 13.0. The van der Waals surface area contributed by atoms with Crippen molar-refractivity contribution in [1.29, 1.82) is 0 Å². The molecule has 1 aromatic heterocycles. The number of aromatic nitrogens is 2. The van der Waals surface area contributed by atoms with Crippen molar-refractivity contribution >= 4 is 27.5 Å². The highest BCUT2D eigenvalue weighted by atomic mass is 79.9. The summed E-state index contributed by atoms with van der Waals surface area (Å²) in [5.41, 5.74) is 1.78. The summed E-state index contributed by atoms with van der Waals surface area (Å²) in [5, 5.41) is 6.93. The van der Waals surface area contributed by atoms with Gasteiger partial charge in [0.05, 0.1) is 17.8 Å². The Labute approximate surface area is 126 Å². The summed E-state index contributed by atoms with van der Waals surface area (Å²) < 4.78 is 7.77. The van der Waals surface area contributed by atoms with Crippen LogP contribution in [0.5, 0.6) is 5.75 Å². The molecule has 20 heavy (non-hydrogen) atoms. The number of hydrogen-bond acceptors (Lipinski definition) is 3. The van der Waals surface area contributed by atoms with Gasteiger partial charge in [0.1, 0.15) is 5.75 Å². The number of hydrogen-bond donors (Lipinski definition) is 1. The quantitative estimate of drug-likeness (QED) is 0.912. The Balaban J connectivity index is 1.91. The maximum atomic E-state index is 11.9. The monoisotopic (exact) mass is 337 g/mol. The van der Waals surface area contributed by atoms with Crippen LogP contribution in [0.15, 0.2) is 35.1 Å². The Bertz CT molecular complexity index is 610. The van der Waals surface area contributed by atoms with Crippen molar-refractivity contribution in [2.45, 2.75) is 12.8 Å². The van der Waals surface area contributed by atoms with Crippen molar-refractivity contribution in [2.75, 3.05) is 12.4 Å². The van der Waals surface area contributed by atoms with Crippen molar-refractivity contribution < 1.29 is 9.53 Å². The molecule has 0 unspecified atom stereocenters. The first-order valence-corrected chi connectivity index (χ1v) is 6.98. The number of ether oxygens (including phenoxy) is 1. The summed E-state index contributed by atoms with van der Waals surface area (Å²) in [4.78, 5) is 11.9. The van der Waals surface area contributed by atoms with E-state index in [1.807, 2.05) is 25.4 Å². The maximum absolute atomic E-state index is 11.9. The summed E-state index contributed by atoms with van der Waals surface area (Å²) in [6.07, 6.45) is 4.78. The number of anilines is 1. The van der Waals surface area contributed by atoms with Gasteiger partial charge in [-0.25, -0.2) is 0 Å². The Morgan fingerprint density at radius 1 is 1.50 bits per heavy atom. The van der Waals surface area contributed by atoms with E-state index in [0.717, 1.165) is 15.7 Å². The number of aryl methyl sites for hydroxylation is 2. The Kier molecular flexibility index (Phi) is 4.79. The van der Waals surface area contributed by atoms with Gasteiger partial charge in [0.25, 0.3) is 0 Å². The number of benzene rings is 1. The molecule has 0 radical (unpaired) electrons. The average molecular weight is 338 g/mol. The lowest BCUT2D eigenvalue weighted by Gasteiger charge is -2.08. The van der Waals surface area contributed by atoms with E-state index in [1.54, 1.807) is 24.1 Å². The molecule has 0 aliphatic heterocycles. The number of carbonyl (C=O) groups is 1. The van der Waals surface area contributed by atoms with E-state index >= 15 is 0 Å². The molecule has 0 bridgehead atoms. The molecule has 0 fully saturated rings. The van der Waals surface area contributed by atoms with E-state index in [-0.39, 0.29) is 5.91 Å². The third-order valence-electron chi connectivity index (χ3n) is 2.83. The maximum Gasteiger partial charge on any atom is 0.224 e. The molecule has 5 nitrogen and oxygen atoms in total. The number of nitrogens with zero attached hydrogens (tertiary/aromatic N) is 2. The minimum Gasteiger partial charge on any atom is -0.495 e. The van der Waals surface area contributed by atoms with E-state index in [4.69, 9.17) is 4.74 Å². The van der Waals surface area contributed by atoms with Crippen molar-refractivity contribution in [3.63, 3.8) is 0 Å². The van der Waals surface area contributed by atoms with Crippen molar-refractivity contribution in [1.82, 2.24) is 9.78 Å². The summed E-state index contributed by atoms with van der Waals surface area (Å²) in [7, 11) is 3.45. The van der Waals surface area contributed by atoms with E-state index in [9.17, 15) is 4.79 Å². The molecule has 0 saturated carbocycles. The summed E-state index contributed by atoms with van der Waals surface area (Å²) in [6, 6.07) is 5.45. The van der Waals surface area contributed by atoms with Crippen molar-refractivity contribution in [3.05, 3.63) is 40.6 Å². The fourth-order valence-corrected chi connectivity index (χ4v) is 2.23. The number of carbonyl (C=O) groups excluding carboxylic acids is 1. The van der Waals surface area contributed by atoms with E-state index in [0.29, 0.717) is 18.6 Å². The molecule has 0 aliphatic carbocycles. The van der Waals surface area contributed by atoms with Gasteiger partial charge in [0.2, 0.25) is 5.91 Å². The summed E-state index contributed by atoms with van der Waals surface area (Å²) in [6.45, 7) is 0. The molecule has 2 aromatic rings. The standard InChI is InChI=1S/C14H16BrN3O2/c1-18-9-10(8-16-18)3-6-14(19)17-11-4-5-12(15)13(7-11)20-2/h4-5,7-9H,3,6H2,1-2H3,(H,17,19). The first kappa shape index (κ1) is 14.6. The van der Waals surface area contributed by atoms with E-state index < -0.39 is 0 Å². The molecule has 2 rings (SSSR count). The fourth-order valence-electron chi connectivity index (χ4n) is 1.82. The predicted molar refractivity (Wildman–Crippen MR) is 80.9 cm³/mol. The fraction of sp³-hybridized carbons (Fsp3) is 0.286. The van der Waals surface area contributed by atoms with Gasteiger partial charge in [-0.15, -0.1) is 0 Å². The van der Waals surface area contributed by atoms with Gasteiger partial charge in [-0.2, -0.15) is 5.10 Å². The van der Waals surface area contributed by atoms with Crippen LogP contribution in [0.2, 0.25) is 0 Å². The minimum atomic E-state index is -0.0294. The molecule has 0 atom stereocenters. The minimum absolute atomic E-state index is 0.0294. The summed E-state index contributed by atoms with van der Waals surface area (Å²) in [5.74, 6) is 0.660. The van der Waals surface area contributed by atoms with Crippen LogP contribution in [0, 0.1) is 0 Å².